The van der Waals surface area contributed by atoms with Crippen LogP contribution in [0.4, 0.5) is 0 Å². The molecule has 0 spiro atoms. The van der Waals surface area contributed by atoms with Gasteiger partial charge in [-0.05, 0) is 18.9 Å². The van der Waals surface area contributed by atoms with Gasteiger partial charge in [-0.2, -0.15) is 0 Å². The Morgan fingerprint density at radius 3 is 2.72 bits per heavy atom. The SMILES string of the molecule is COC(=O)c1cnc(C)n1CCc1ccccc1. The lowest BCUT2D eigenvalue weighted by Crippen LogP contribution is -2.13. The summed E-state index contributed by atoms with van der Waals surface area (Å²) in [5.41, 5.74) is 1.74. The van der Waals surface area contributed by atoms with Crippen LogP contribution in [-0.4, -0.2) is 22.6 Å². The second-order valence-corrected chi connectivity index (χ2v) is 4.07. The third-order valence-corrected chi connectivity index (χ3v) is 2.92. The van der Waals surface area contributed by atoms with Gasteiger partial charge in [0.1, 0.15) is 11.5 Å². The predicted octanol–water partition coefficient (Wildman–Crippen LogP) is 2.22. The second kappa shape index (κ2) is 5.49. The highest BCUT2D eigenvalue weighted by Gasteiger charge is 2.14. The fourth-order valence-corrected chi connectivity index (χ4v) is 1.90. The molecule has 2 aromatic rings. The molecule has 0 saturated carbocycles. The maximum absolute atomic E-state index is 11.6. The Bertz CT molecular complexity index is 532. The molecule has 1 heterocycles. The number of imidazole rings is 1. The predicted molar refractivity (Wildman–Crippen MR) is 68.4 cm³/mol. The van der Waals surface area contributed by atoms with Gasteiger partial charge in [0.2, 0.25) is 0 Å². The number of aryl methyl sites for hydroxylation is 2. The summed E-state index contributed by atoms with van der Waals surface area (Å²) in [5, 5.41) is 0. The minimum Gasteiger partial charge on any atom is -0.464 e. The zero-order valence-corrected chi connectivity index (χ0v) is 10.6. The summed E-state index contributed by atoms with van der Waals surface area (Å²) in [4.78, 5) is 15.7. The molecular formula is C14H16N2O2. The van der Waals surface area contributed by atoms with Crippen LogP contribution in [0.2, 0.25) is 0 Å². The molecule has 1 aromatic carbocycles. The van der Waals surface area contributed by atoms with E-state index in [4.69, 9.17) is 4.74 Å². The molecule has 4 nitrogen and oxygen atoms in total. The van der Waals surface area contributed by atoms with Crippen molar-refractivity contribution in [3.63, 3.8) is 0 Å². The summed E-state index contributed by atoms with van der Waals surface area (Å²) < 4.78 is 6.63. The van der Waals surface area contributed by atoms with Crippen LogP contribution < -0.4 is 0 Å². The van der Waals surface area contributed by atoms with Gasteiger partial charge >= 0.3 is 5.97 Å². The topological polar surface area (TPSA) is 44.1 Å². The largest absolute Gasteiger partial charge is 0.464 e. The van der Waals surface area contributed by atoms with Crippen LogP contribution in [0.1, 0.15) is 21.9 Å². The van der Waals surface area contributed by atoms with Crippen LogP contribution in [0.3, 0.4) is 0 Å². The minimum atomic E-state index is -0.344. The minimum absolute atomic E-state index is 0.344. The summed E-state index contributed by atoms with van der Waals surface area (Å²) in [6.07, 6.45) is 2.42. The van der Waals surface area contributed by atoms with Gasteiger partial charge in [0.15, 0.2) is 0 Å². The van der Waals surface area contributed by atoms with E-state index in [0.717, 1.165) is 18.8 Å². The molecule has 0 radical (unpaired) electrons. The Hall–Kier alpha value is -2.10. The molecule has 18 heavy (non-hydrogen) atoms. The van der Waals surface area contributed by atoms with Gasteiger partial charge in [0.25, 0.3) is 0 Å². The van der Waals surface area contributed by atoms with Crippen molar-refractivity contribution < 1.29 is 9.53 Å². The van der Waals surface area contributed by atoms with E-state index in [9.17, 15) is 4.79 Å². The zero-order valence-electron chi connectivity index (χ0n) is 10.6. The molecule has 0 N–H and O–H groups in total. The number of benzene rings is 1. The molecule has 0 saturated heterocycles. The van der Waals surface area contributed by atoms with E-state index in [2.05, 4.69) is 17.1 Å². The van der Waals surface area contributed by atoms with E-state index in [0.29, 0.717) is 5.69 Å². The summed E-state index contributed by atoms with van der Waals surface area (Å²) in [7, 11) is 1.38. The summed E-state index contributed by atoms with van der Waals surface area (Å²) in [6.45, 7) is 2.61. The molecule has 0 bridgehead atoms. The first-order valence-electron chi connectivity index (χ1n) is 5.86. The molecule has 2 rings (SSSR count). The molecule has 0 aliphatic rings. The van der Waals surface area contributed by atoms with Gasteiger partial charge in [0, 0.05) is 6.54 Å². The van der Waals surface area contributed by atoms with E-state index in [1.165, 1.54) is 12.7 Å². The lowest BCUT2D eigenvalue weighted by atomic mass is 10.1. The molecule has 0 aliphatic heterocycles. The molecule has 0 amide bonds. The van der Waals surface area contributed by atoms with Crippen molar-refractivity contribution in [2.24, 2.45) is 0 Å². The third-order valence-electron chi connectivity index (χ3n) is 2.92. The Balaban J connectivity index is 2.14. The third kappa shape index (κ3) is 2.59. The molecule has 0 aliphatic carbocycles. The van der Waals surface area contributed by atoms with Gasteiger partial charge in [0.05, 0.1) is 13.3 Å². The number of methoxy groups -OCH3 is 1. The first-order chi connectivity index (χ1) is 8.72. The van der Waals surface area contributed by atoms with Crippen LogP contribution in [0.5, 0.6) is 0 Å². The maximum atomic E-state index is 11.6. The highest BCUT2D eigenvalue weighted by atomic mass is 16.5. The van der Waals surface area contributed by atoms with Gasteiger partial charge in [-0.1, -0.05) is 30.3 Å². The van der Waals surface area contributed by atoms with Crippen LogP contribution in [0.15, 0.2) is 36.5 Å². The van der Waals surface area contributed by atoms with E-state index in [-0.39, 0.29) is 5.97 Å². The van der Waals surface area contributed by atoms with Crippen LogP contribution >= 0.6 is 0 Å². The number of ether oxygens (including phenoxy) is 1. The Kier molecular flexibility index (Phi) is 3.77. The summed E-state index contributed by atoms with van der Waals surface area (Å²) in [5.74, 6) is 0.481. The second-order valence-electron chi connectivity index (χ2n) is 4.07. The molecule has 94 valence electrons. The van der Waals surface area contributed by atoms with Crippen LogP contribution in [-0.2, 0) is 17.7 Å². The fourth-order valence-electron chi connectivity index (χ4n) is 1.90. The number of esters is 1. The van der Waals surface area contributed by atoms with E-state index < -0.39 is 0 Å². The van der Waals surface area contributed by atoms with Crippen molar-refractivity contribution in [1.29, 1.82) is 0 Å². The maximum Gasteiger partial charge on any atom is 0.356 e. The molecule has 0 unspecified atom stereocenters. The van der Waals surface area contributed by atoms with Gasteiger partial charge in [-0.3, -0.25) is 0 Å². The van der Waals surface area contributed by atoms with E-state index in [1.807, 2.05) is 29.7 Å². The normalized spacial score (nSPS) is 10.3. The number of carbonyl (C=O) groups excluding carboxylic acids is 1. The number of aromatic nitrogens is 2. The molecule has 4 heteroatoms. The summed E-state index contributed by atoms with van der Waals surface area (Å²) >= 11 is 0. The van der Waals surface area contributed by atoms with Gasteiger partial charge < -0.3 is 9.30 Å². The number of carbonyl (C=O) groups is 1. The van der Waals surface area contributed by atoms with Crippen LogP contribution in [0.25, 0.3) is 0 Å². The molecule has 0 atom stereocenters. The van der Waals surface area contributed by atoms with Crippen molar-refractivity contribution in [3.05, 3.63) is 53.6 Å². The molecule has 0 fully saturated rings. The summed E-state index contributed by atoms with van der Waals surface area (Å²) in [6, 6.07) is 10.2. The molecular weight excluding hydrogens is 228 g/mol. The number of hydrogen-bond donors (Lipinski definition) is 0. The number of rotatable bonds is 4. The van der Waals surface area contributed by atoms with Crippen molar-refractivity contribution >= 4 is 5.97 Å². The standard InChI is InChI=1S/C14H16N2O2/c1-11-15-10-13(14(17)18-2)16(11)9-8-12-6-4-3-5-7-12/h3-7,10H,8-9H2,1-2H3. The molecule has 1 aromatic heterocycles. The monoisotopic (exact) mass is 244 g/mol. The zero-order chi connectivity index (χ0) is 13.0. The van der Waals surface area contributed by atoms with Gasteiger partial charge in [-0.15, -0.1) is 0 Å². The van der Waals surface area contributed by atoms with Gasteiger partial charge in [-0.25, -0.2) is 9.78 Å². The highest BCUT2D eigenvalue weighted by Crippen LogP contribution is 2.09. The first kappa shape index (κ1) is 12.4. The van der Waals surface area contributed by atoms with Crippen molar-refractivity contribution in [3.8, 4) is 0 Å². The lowest BCUT2D eigenvalue weighted by molar-refractivity contribution is 0.0588. The van der Waals surface area contributed by atoms with E-state index in [1.54, 1.807) is 6.20 Å². The Labute approximate surface area is 106 Å². The fraction of sp³-hybridized carbons (Fsp3) is 0.286. The van der Waals surface area contributed by atoms with Crippen molar-refractivity contribution in [1.82, 2.24) is 9.55 Å². The lowest BCUT2D eigenvalue weighted by Gasteiger charge is -2.08. The van der Waals surface area contributed by atoms with Crippen LogP contribution in [0, 0.1) is 6.92 Å². The van der Waals surface area contributed by atoms with Crippen molar-refractivity contribution in [2.75, 3.05) is 7.11 Å². The highest BCUT2D eigenvalue weighted by molar-refractivity contribution is 5.87. The average molecular weight is 244 g/mol. The Morgan fingerprint density at radius 2 is 2.06 bits per heavy atom. The van der Waals surface area contributed by atoms with E-state index >= 15 is 0 Å². The number of nitrogens with zero attached hydrogens (tertiary/aromatic N) is 2. The average Bonchev–Trinajstić information content (AvgIpc) is 2.78. The first-order valence-corrected chi connectivity index (χ1v) is 5.86. The number of hydrogen-bond acceptors (Lipinski definition) is 3. The quantitative estimate of drug-likeness (QED) is 0.775. The smallest absolute Gasteiger partial charge is 0.356 e. The Morgan fingerprint density at radius 1 is 1.33 bits per heavy atom. The van der Waals surface area contributed by atoms with Crippen molar-refractivity contribution in [2.45, 2.75) is 19.9 Å².